The number of ether oxygens (including phenoxy) is 2. The molecule has 1 saturated carbocycles. The van der Waals surface area contributed by atoms with Gasteiger partial charge < -0.3 is 24.1 Å². The van der Waals surface area contributed by atoms with Gasteiger partial charge in [0, 0.05) is 41.4 Å². The van der Waals surface area contributed by atoms with Crippen LogP contribution in [0.4, 0.5) is 0 Å². The summed E-state index contributed by atoms with van der Waals surface area (Å²) in [6, 6.07) is 8.01. The number of carbonyl (C=O) groups is 1. The number of rotatable bonds is 4. The number of pyridine rings is 1. The second kappa shape index (κ2) is 8.66. The molecule has 4 aromatic rings. The summed E-state index contributed by atoms with van der Waals surface area (Å²) >= 11 is 1.43. The Labute approximate surface area is 202 Å². The Morgan fingerprint density at radius 3 is 2.74 bits per heavy atom. The van der Waals surface area contributed by atoms with Crippen LogP contribution in [-0.4, -0.2) is 43.3 Å². The van der Waals surface area contributed by atoms with Gasteiger partial charge in [-0.2, -0.15) is 0 Å². The molecule has 0 bridgehead atoms. The number of hydrogen-bond acceptors (Lipinski definition) is 8. The van der Waals surface area contributed by atoms with E-state index >= 15 is 0 Å². The van der Waals surface area contributed by atoms with Gasteiger partial charge in [0.05, 0.1) is 11.4 Å². The Morgan fingerprint density at radius 1 is 1.17 bits per heavy atom. The maximum atomic E-state index is 12.8. The van der Waals surface area contributed by atoms with E-state index in [1.165, 1.54) is 22.4 Å². The molecular formula is C24H20N4O6S. The molecule has 178 valence electrons. The first-order valence-electron chi connectivity index (χ1n) is 11.0. The number of aliphatic carboxylic acids is 1. The minimum atomic E-state index is -0.984. The summed E-state index contributed by atoms with van der Waals surface area (Å²) in [5, 5.41) is 14.4. The Bertz CT molecular complexity index is 1440. The predicted octanol–water partition coefficient (Wildman–Crippen LogP) is 3.92. The van der Waals surface area contributed by atoms with Gasteiger partial charge in [0.25, 0.3) is 5.56 Å². The SMILES string of the molecule is O=C(O)C1CSc2c(C3CC3)c(-c3cc(-c4ccc5c(c4)OCO5)no3)cc(=O)n21.c1c[nH]cn1. The van der Waals surface area contributed by atoms with Gasteiger partial charge in [0.15, 0.2) is 17.3 Å². The Hall–Kier alpha value is -3.99. The van der Waals surface area contributed by atoms with Crippen molar-refractivity contribution in [2.45, 2.75) is 29.8 Å². The van der Waals surface area contributed by atoms with E-state index in [0.29, 0.717) is 40.2 Å². The van der Waals surface area contributed by atoms with Crippen LogP contribution in [0.2, 0.25) is 0 Å². The number of H-pyrrole nitrogens is 1. The molecule has 35 heavy (non-hydrogen) atoms. The fourth-order valence-corrected chi connectivity index (χ4v) is 5.65. The van der Waals surface area contributed by atoms with Gasteiger partial charge in [-0.1, -0.05) is 5.16 Å². The Kier molecular flexibility index (Phi) is 5.33. The average molecular weight is 493 g/mol. The minimum absolute atomic E-state index is 0.196. The lowest BCUT2D eigenvalue weighted by Gasteiger charge is -2.14. The Morgan fingerprint density at radius 2 is 2.03 bits per heavy atom. The molecular weight excluding hydrogens is 472 g/mol. The van der Waals surface area contributed by atoms with Crippen LogP contribution in [-0.2, 0) is 4.79 Å². The number of benzene rings is 1. The lowest BCUT2D eigenvalue weighted by Crippen LogP contribution is -2.29. The third-order valence-electron chi connectivity index (χ3n) is 6.05. The van der Waals surface area contributed by atoms with Crippen molar-refractivity contribution in [2.75, 3.05) is 12.5 Å². The van der Waals surface area contributed by atoms with E-state index in [1.807, 2.05) is 24.3 Å². The van der Waals surface area contributed by atoms with E-state index in [2.05, 4.69) is 15.1 Å². The highest BCUT2D eigenvalue weighted by Gasteiger charge is 2.38. The molecule has 1 aliphatic carbocycles. The molecule has 11 heteroatoms. The maximum Gasteiger partial charge on any atom is 0.327 e. The quantitative estimate of drug-likeness (QED) is 0.435. The molecule has 0 amide bonds. The number of carboxylic acids is 1. The van der Waals surface area contributed by atoms with Crippen LogP contribution in [0.15, 0.2) is 63.4 Å². The van der Waals surface area contributed by atoms with Gasteiger partial charge in [-0.3, -0.25) is 9.36 Å². The van der Waals surface area contributed by atoms with Crippen LogP contribution in [0.3, 0.4) is 0 Å². The van der Waals surface area contributed by atoms with Gasteiger partial charge in [0.1, 0.15) is 11.7 Å². The first-order chi connectivity index (χ1) is 17.1. The van der Waals surface area contributed by atoms with Crippen LogP contribution in [0.25, 0.3) is 22.6 Å². The van der Waals surface area contributed by atoms with Crippen LogP contribution < -0.4 is 15.0 Å². The summed E-state index contributed by atoms with van der Waals surface area (Å²) in [7, 11) is 0. The molecule has 10 nitrogen and oxygen atoms in total. The summed E-state index contributed by atoms with van der Waals surface area (Å²) in [5.41, 5.74) is 2.81. The maximum absolute atomic E-state index is 12.8. The highest BCUT2D eigenvalue weighted by atomic mass is 32.2. The monoisotopic (exact) mass is 492 g/mol. The summed E-state index contributed by atoms with van der Waals surface area (Å²) in [6.45, 7) is 0.196. The van der Waals surface area contributed by atoms with Crippen molar-refractivity contribution in [3.63, 3.8) is 0 Å². The number of nitrogens with zero attached hydrogens (tertiary/aromatic N) is 3. The van der Waals surface area contributed by atoms with Crippen LogP contribution in [0.5, 0.6) is 11.5 Å². The smallest absolute Gasteiger partial charge is 0.327 e. The van der Waals surface area contributed by atoms with Crippen molar-refractivity contribution in [3.8, 4) is 34.1 Å². The van der Waals surface area contributed by atoms with Crippen LogP contribution in [0, 0.1) is 0 Å². The topological polar surface area (TPSA) is 132 Å². The largest absolute Gasteiger partial charge is 0.480 e. The fourth-order valence-electron chi connectivity index (χ4n) is 4.25. The van der Waals surface area contributed by atoms with E-state index < -0.39 is 12.0 Å². The lowest BCUT2D eigenvalue weighted by molar-refractivity contribution is -0.140. The number of aromatic nitrogens is 4. The van der Waals surface area contributed by atoms with E-state index in [1.54, 1.807) is 18.7 Å². The van der Waals surface area contributed by atoms with E-state index in [0.717, 1.165) is 29.0 Å². The predicted molar refractivity (Wildman–Crippen MR) is 126 cm³/mol. The van der Waals surface area contributed by atoms with Gasteiger partial charge in [-0.25, -0.2) is 9.78 Å². The summed E-state index contributed by atoms with van der Waals surface area (Å²) < 4.78 is 17.8. The van der Waals surface area contributed by atoms with Crippen molar-refractivity contribution < 1.29 is 23.9 Å². The van der Waals surface area contributed by atoms with E-state index in [4.69, 9.17) is 14.0 Å². The number of hydrogen-bond donors (Lipinski definition) is 2. The number of thioether (sulfide) groups is 1. The molecule has 1 unspecified atom stereocenters. The third kappa shape index (κ3) is 3.97. The number of nitrogens with one attached hydrogen (secondary N) is 1. The molecule has 0 radical (unpaired) electrons. The van der Waals surface area contributed by atoms with Gasteiger partial charge in [0.2, 0.25) is 6.79 Å². The number of imidazole rings is 1. The number of fused-ring (bicyclic) bond motifs is 2. The van der Waals surface area contributed by atoms with Crippen LogP contribution >= 0.6 is 11.8 Å². The standard InChI is InChI=1S/C21H16N2O6S.C3H4N2/c24-18-6-12(19(10-1-2-10)20-23(18)14(8-30-20)21(25)26)16-7-13(22-29-16)11-3-4-15-17(5-11)28-9-27-15;1-2-5-3-4-1/h3-7,10,14H,1-2,8-9H2,(H,25,26);1-3H,(H,4,5). The summed E-state index contributed by atoms with van der Waals surface area (Å²) in [4.78, 5) is 30.8. The highest BCUT2D eigenvalue weighted by Crippen LogP contribution is 2.50. The van der Waals surface area contributed by atoms with Crippen molar-refractivity contribution in [1.29, 1.82) is 0 Å². The fraction of sp³-hybridized carbons (Fsp3) is 0.250. The van der Waals surface area contributed by atoms with Crippen molar-refractivity contribution in [1.82, 2.24) is 19.7 Å². The Balaban J connectivity index is 0.000000410. The molecule has 1 atom stereocenters. The van der Waals surface area contributed by atoms with E-state index in [9.17, 15) is 14.7 Å². The molecule has 1 fully saturated rings. The summed E-state index contributed by atoms with van der Waals surface area (Å²) in [5.74, 6) is 1.53. The molecule has 3 aliphatic rings. The normalized spacial score (nSPS) is 17.5. The molecule has 2 aliphatic heterocycles. The average Bonchev–Trinajstić information content (AvgIpc) is 3.39. The van der Waals surface area contributed by atoms with Gasteiger partial charge in [-0.15, -0.1) is 11.8 Å². The highest BCUT2D eigenvalue weighted by molar-refractivity contribution is 7.99. The number of carboxylic acid groups (broad SMARTS) is 1. The molecule has 3 aromatic heterocycles. The zero-order valence-electron chi connectivity index (χ0n) is 18.3. The molecule has 0 spiro atoms. The third-order valence-corrected chi connectivity index (χ3v) is 7.23. The second-order valence-electron chi connectivity index (χ2n) is 8.33. The number of aromatic amines is 1. The first-order valence-corrected chi connectivity index (χ1v) is 12.0. The summed E-state index contributed by atoms with van der Waals surface area (Å²) in [6.07, 6.45) is 7.11. The van der Waals surface area contributed by atoms with Crippen molar-refractivity contribution >= 4 is 17.7 Å². The molecule has 1 aromatic carbocycles. The van der Waals surface area contributed by atoms with Crippen molar-refractivity contribution in [2.24, 2.45) is 0 Å². The second-order valence-corrected chi connectivity index (χ2v) is 9.34. The zero-order valence-corrected chi connectivity index (χ0v) is 19.2. The van der Waals surface area contributed by atoms with E-state index in [-0.39, 0.29) is 12.4 Å². The van der Waals surface area contributed by atoms with Crippen LogP contribution in [0.1, 0.15) is 30.4 Å². The lowest BCUT2D eigenvalue weighted by atomic mass is 10.0. The van der Waals surface area contributed by atoms with Gasteiger partial charge >= 0.3 is 5.97 Å². The molecule has 5 heterocycles. The minimum Gasteiger partial charge on any atom is -0.480 e. The zero-order chi connectivity index (χ0) is 23.9. The van der Waals surface area contributed by atoms with Gasteiger partial charge in [-0.05, 0) is 42.5 Å². The first kappa shape index (κ1) is 21.5. The molecule has 2 N–H and O–H groups in total. The molecule has 0 saturated heterocycles. The van der Waals surface area contributed by atoms with Crippen molar-refractivity contribution in [3.05, 3.63) is 65.0 Å². The molecule has 7 rings (SSSR count).